The van der Waals surface area contributed by atoms with Gasteiger partial charge in [-0.15, -0.1) is 0 Å². The van der Waals surface area contributed by atoms with Gasteiger partial charge in [-0.2, -0.15) is 0 Å². The van der Waals surface area contributed by atoms with E-state index in [9.17, 15) is 9.59 Å². The minimum Gasteiger partial charge on any atom is -0.443 e. The van der Waals surface area contributed by atoms with Crippen molar-refractivity contribution in [2.45, 2.75) is 26.4 Å². The van der Waals surface area contributed by atoms with Gasteiger partial charge in [-0.3, -0.25) is 4.98 Å². The summed E-state index contributed by atoms with van der Waals surface area (Å²) in [4.78, 5) is 29.8. The van der Waals surface area contributed by atoms with Crippen molar-refractivity contribution in [1.29, 1.82) is 0 Å². The molecule has 0 bridgehead atoms. The molecule has 1 aromatic heterocycles. The third-order valence-electron chi connectivity index (χ3n) is 1.34. The zero-order valence-corrected chi connectivity index (χ0v) is 9.76. The SMILES string of the molecule is CC(C)(C)OC(=O)NC(=O)Oc1cnccn1. The molecule has 7 heteroatoms. The number of aromatic nitrogens is 2. The number of hydrogen-bond donors (Lipinski definition) is 1. The summed E-state index contributed by atoms with van der Waals surface area (Å²) in [5.74, 6) is -0.00596. The van der Waals surface area contributed by atoms with Crippen molar-refractivity contribution < 1.29 is 19.1 Å². The normalized spacial score (nSPS) is 10.5. The van der Waals surface area contributed by atoms with Crippen LogP contribution in [0.3, 0.4) is 0 Å². The van der Waals surface area contributed by atoms with Crippen molar-refractivity contribution in [2.24, 2.45) is 0 Å². The second-order valence-corrected chi connectivity index (χ2v) is 4.06. The third kappa shape index (κ3) is 5.45. The van der Waals surface area contributed by atoms with E-state index in [1.165, 1.54) is 18.6 Å². The first-order chi connectivity index (χ1) is 7.87. The Kier molecular flexibility index (Phi) is 3.97. The molecule has 0 radical (unpaired) electrons. The highest BCUT2D eigenvalue weighted by atomic mass is 16.6. The first kappa shape index (κ1) is 12.9. The van der Waals surface area contributed by atoms with Crippen molar-refractivity contribution in [1.82, 2.24) is 15.3 Å². The molecule has 0 unspecified atom stereocenters. The van der Waals surface area contributed by atoms with E-state index < -0.39 is 17.8 Å². The number of imide groups is 1. The molecule has 2 amide bonds. The molecule has 0 atom stereocenters. The molecule has 17 heavy (non-hydrogen) atoms. The summed E-state index contributed by atoms with van der Waals surface area (Å²) in [6.45, 7) is 5.04. The summed E-state index contributed by atoms with van der Waals surface area (Å²) in [7, 11) is 0. The zero-order valence-electron chi connectivity index (χ0n) is 9.76. The molecule has 0 saturated carbocycles. The molecule has 1 rings (SSSR count). The lowest BCUT2D eigenvalue weighted by Gasteiger charge is -2.18. The third-order valence-corrected chi connectivity index (χ3v) is 1.34. The number of nitrogens with one attached hydrogen (secondary N) is 1. The second kappa shape index (κ2) is 5.24. The van der Waals surface area contributed by atoms with Crippen LogP contribution in [0.2, 0.25) is 0 Å². The van der Waals surface area contributed by atoms with Gasteiger partial charge in [-0.05, 0) is 20.8 Å². The minimum atomic E-state index is -0.972. The van der Waals surface area contributed by atoms with E-state index >= 15 is 0 Å². The van der Waals surface area contributed by atoms with Gasteiger partial charge in [0.05, 0.1) is 6.20 Å². The fourth-order valence-electron chi connectivity index (χ4n) is 0.846. The van der Waals surface area contributed by atoms with Crippen LogP contribution < -0.4 is 10.1 Å². The average Bonchev–Trinajstić information content (AvgIpc) is 2.15. The number of carbonyl (C=O) groups is 2. The molecule has 0 saturated heterocycles. The van der Waals surface area contributed by atoms with Crippen LogP contribution in [0.4, 0.5) is 9.59 Å². The second-order valence-electron chi connectivity index (χ2n) is 4.06. The number of nitrogens with zero attached hydrogens (tertiary/aromatic N) is 2. The summed E-state index contributed by atoms with van der Waals surface area (Å²) in [5.41, 5.74) is -0.684. The largest absolute Gasteiger partial charge is 0.443 e. The van der Waals surface area contributed by atoms with Crippen LogP contribution in [-0.2, 0) is 4.74 Å². The topological polar surface area (TPSA) is 90.4 Å². The molecule has 1 N–H and O–H groups in total. The Morgan fingerprint density at radius 2 is 1.94 bits per heavy atom. The van der Waals surface area contributed by atoms with Crippen molar-refractivity contribution >= 4 is 12.2 Å². The van der Waals surface area contributed by atoms with Gasteiger partial charge in [0.25, 0.3) is 0 Å². The number of hydrogen-bond acceptors (Lipinski definition) is 6. The zero-order chi connectivity index (χ0) is 12.9. The van der Waals surface area contributed by atoms with E-state index in [0.717, 1.165) is 0 Å². The molecule has 0 aliphatic rings. The Morgan fingerprint density at radius 3 is 2.47 bits per heavy atom. The monoisotopic (exact) mass is 239 g/mol. The van der Waals surface area contributed by atoms with Crippen LogP contribution >= 0.6 is 0 Å². The Labute approximate surface area is 98.2 Å². The maximum Gasteiger partial charge on any atom is 0.423 e. The van der Waals surface area contributed by atoms with E-state index in [0.29, 0.717) is 0 Å². The summed E-state index contributed by atoms with van der Waals surface area (Å²) < 4.78 is 9.53. The molecular weight excluding hydrogens is 226 g/mol. The molecular formula is C10H13N3O4. The lowest BCUT2D eigenvalue weighted by Crippen LogP contribution is -2.37. The van der Waals surface area contributed by atoms with Crippen LogP contribution in [-0.4, -0.2) is 27.8 Å². The highest BCUT2D eigenvalue weighted by molar-refractivity contribution is 5.88. The Bertz CT molecular complexity index is 400. The molecule has 92 valence electrons. The molecule has 0 aliphatic carbocycles. The van der Waals surface area contributed by atoms with Crippen LogP contribution in [0, 0.1) is 0 Å². The van der Waals surface area contributed by atoms with Gasteiger partial charge in [0.1, 0.15) is 5.60 Å². The Morgan fingerprint density at radius 1 is 1.24 bits per heavy atom. The van der Waals surface area contributed by atoms with Crippen molar-refractivity contribution in [3.63, 3.8) is 0 Å². The minimum absolute atomic E-state index is 0.00596. The lowest BCUT2D eigenvalue weighted by molar-refractivity contribution is 0.0533. The van der Waals surface area contributed by atoms with Crippen LogP contribution in [0.25, 0.3) is 0 Å². The molecule has 7 nitrogen and oxygen atoms in total. The summed E-state index contributed by atoms with van der Waals surface area (Å²) in [6, 6.07) is 0. The lowest BCUT2D eigenvalue weighted by atomic mass is 10.2. The first-order valence-electron chi connectivity index (χ1n) is 4.84. The average molecular weight is 239 g/mol. The molecule has 0 aromatic carbocycles. The number of carbonyl (C=O) groups excluding carboxylic acids is 2. The fourth-order valence-corrected chi connectivity index (χ4v) is 0.846. The summed E-state index contributed by atoms with van der Waals surface area (Å²) in [5, 5.41) is 1.89. The van der Waals surface area contributed by atoms with Gasteiger partial charge >= 0.3 is 12.2 Å². The van der Waals surface area contributed by atoms with Gasteiger partial charge in [0.15, 0.2) is 0 Å². The van der Waals surface area contributed by atoms with Crippen LogP contribution in [0.15, 0.2) is 18.6 Å². The Hall–Kier alpha value is -2.18. The highest BCUT2D eigenvalue weighted by Crippen LogP contribution is 2.06. The van der Waals surface area contributed by atoms with Crippen molar-refractivity contribution in [3.8, 4) is 5.88 Å². The van der Waals surface area contributed by atoms with E-state index in [1.807, 2.05) is 5.32 Å². The number of rotatable bonds is 1. The highest BCUT2D eigenvalue weighted by Gasteiger charge is 2.19. The summed E-state index contributed by atoms with van der Waals surface area (Å²) in [6.07, 6.45) is 2.18. The number of alkyl carbamates (subject to hydrolysis) is 1. The first-order valence-corrected chi connectivity index (χ1v) is 4.84. The van der Waals surface area contributed by atoms with Gasteiger partial charge in [0, 0.05) is 12.4 Å². The number of ether oxygens (including phenoxy) is 2. The smallest absolute Gasteiger partial charge is 0.423 e. The van der Waals surface area contributed by atoms with E-state index in [4.69, 9.17) is 4.74 Å². The van der Waals surface area contributed by atoms with Crippen molar-refractivity contribution in [3.05, 3.63) is 18.6 Å². The van der Waals surface area contributed by atoms with Gasteiger partial charge in [-0.1, -0.05) is 0 Å². The molecule has 0 spiro atoms. The van der Waals surface area contributed by atoms with Crippen LogP contribution in [0.1, 0.15) is 20.8 Å². The Balaban J connectivity index is 2.43. The number of amides is 2. The van der Waals surface area contributed by atoms with E-state index in [2.05, 4.69) is 14.7 Å². The predicted octanol–water partition coefficient (Wildman–Crippen LogP) is 1.50. The molecule has 1 aromatic rings. The fraction of sp³-hybridized carbons (Fsp3) is 0.400. The van der Waals surface area contributed by atoms with E-state index in [1.54, 1.807) is 20.8 Å². The van der Waals surface area contributed by atoms with Gasteiger partial charge in [0.2, 0.25) is 5.88 Å². The summed E-state index contributed by atoms with van der Waals surface area (Å²) >= 11 is 0. The molecule has 0 aliphatic heterocycles. The molecule has 1 heterocycles. The van der Waals surface area contributed by atoms with Crippen LogP contribution in [0.5, 0.6) is 5.88 Å². The van der Waals surface area contributed by atoms with Gasteiger partial charge < -0.3 is 9.47 Å². The van der Waals surface area contributed by atoms with Gasteiger partial charge in [-0.25, -0.2) is 19.9 Å². The predicted molar refractivity (Wildman–Crippen MR) is 57.4 cm³/mol. The van der Waals surface area contributed by atoms with E-state index in [-0.39, 0.29) is 5.88 Å². The maximum atomic E-state index is 11.2. The maximum absolute atomic E-state index is 11.2. The standard InChI is InChI=1S/C10H13N3O4/c1-10(2,3)17-9(15)13-8(14)16-7-6-11-4-5-12-7/h4-6H,1-3H3,(H,13,14,15). The van der Waals surface area contributed by atoms with Crippen molar-refractivity contribution in [2.75, 3.05) is 0 Å². The molecule has 0 fully saturated rings. The quantitative estimate of drug-likeness (QED) is 0.798.